The van der Waals surface area contributed by atoms with Gasteiger partial charge in [0.1, 0.15) is 11.5 Å². The average molecular weight is 234 g/mol. The fourth-order valence-electron chi connectivity index (χ4n) is 2.18. The number of nitrogens with two attached hydrogens (primary N) is 2. The Morgan fingerprint density at radius 1 is 1.35 bits per heavy atom. The lowest BCUT2D eigenvalue weighted by molar-refractivity contribution is 0.0995. The number of amides is 1. The van der Waals surface area contributed by atoms with E-state index in [4.69, 9.17) is 11.5 Å². The van der Waals surface area contributed by atoms with E-state index < -0.39 is 5.91 Å². The quantitative estimate of drug-likeness (QED) is 0.723. The summed E-state index contributed by atoms with van der Waals surface area (Å²) in [5, 5.41) is 3.28. The number of hydrogen-bond acceptors (Lipinski definition) is 4. The first-order valence-electron chi connectivity index (χ1n) is 5.96. The van der Waals surface area contributed by atoms with Gasteiger partial charge in [-0.1, -0.05) is 18.9 Å². The molecule has 1 amide bonds. The zero-order chi connectivity index (χ0) is 12.3. The van der Waals surface area contributed by atoms with Gasteiger partial charge in [0.15, 0.2) is 0 Å². The molecule has 5 heteroatoms. The Bertz CT molecular complexity index is 407. The van der Waals surface area contributed by atoms with Gasteiger partial charge in [-0.3, -0.25) is 4.79 Å². The molecule has 1 aliphatic carbocycles. The number of carbonyl (C=O) groups is 1. The lowest BCUT2D eigenvalue weighted by atomic mass is 9.91. The lowest BCUT2D eigenvalue weighted by Crippen LogP contribution is -2.42. The highest BCUT2D eigenvalue weighted by Crippen LogP contribution is 2.20. The largest absolute Gasteiger partial charge is 0.366 e. The molecule has 0 radical (unpaired) electrons. The molecule has 1 heterocycles. The molecule has 0 aliphatic heterocycles. The van der Waals surface area contributed by atoms with E-state index in [1.807, 2.05) is 6.07 Å². The van der Waals surface area contributed by atoms with Crippen LogP contribution in [-0.2, 0) is 0 Å². The maximum absolute atomic E-state index is 11.0. The van der Waals surface area contributed by atoms with Crippen LogP contribution in [0.4, 0.5) is 5.82 Å². The average Bonchev–Trinajstić information content (AvgIpc) is 2.32. The molecule has 17 heavy (non-hydrogen) atoms. The van der Waals surface area contributed by atoms with Gasteiger partial charge in [-0.2, -0.15) is 0 Å². The summed E-state index contributed by atoms with van der Waals surface area (Å²) >= 11 is 0. The molecule has 92 valence electrons. The summed E-state index contributed by atoms with van der Waals surface area (Å²) in [6.45, 7) is 0. The molecule has 5 N–H and O–H groups in total. The van der Waals surface area contributed by atoms with Crippen LogP contribution in [0.2, 0.25) is 0 Å². The van der Waals surface area contributed by atoms with E-state index in [-0.39, 0.29) is 17.8 Å². The molecule has 1 fully saturated rings. The Morgan fingerprint density at radius 2 is 2.12 bits per heavy atom. The Hall–Kier alpha value is -1.62. The molecule has 5 nitrogen and oxygen atoms in total. The van der Waals surface area contributed by atoms with Crippen molar-refractivity contribution >= 4 is 11.7 Å². The monoisotopic (exact) mass is 234 g/mol. The van der Waals surface area contributed by atoms with Gasteiger partial charge in [-0.05, 0) is 25.0 Å². The van der Waals surface area contributed by atoms with Crippen LogP contribution in [-0.4, -0.2) is 23.0 Å². The van der Waals surface area contributed by atoms with E-state index in [0.717, 1.165) is 12.8 Å². The number of pyridine rings is 1. The maximum Gasteiger partial charge on any atom is 0.267 e. The van der Waals surface area contributed by atoms with E-state index in [2.05, 4.69) is 10.3 Å². The van der Waals surface area contributed by atoms with E-state index in [1.165, 1.54) is 12.8 Å². The Labute approximate surface area is 101 Å². The number of rotatable bonds is 3. The van der Waals surface area contributed by atoms with Crippen molar-refractivity contribution in [2.75, 3.05) is 5.32 Å². The van der Waals surface area contributed by atoms with Crippen molar-refractivity contribution in [1.82, 2.24) is 4.98 Å². The van der Waals surface area contributed by atoms with Crippen molar-refractivity contribution in [3.05, 3.63) is 23.9 Å². The molecular weight excluding hydrogens is 216 g/mol. The van der Waals surface area contributed by atoms with Gasteiger partial charge >= 0.3 is 0 Å². The SMILES string of the molecule is NC(=O)c1cccc(N[C@@H]2CCCC[C@H]2N)n1. The molecule has 1 aromatic rings. The van der Waals surface area contributed by atoms with Crippen LogP contribution in [0.5, 0.6) is 0 Å². The maximum atomic E-state index is 11.0. The number of hydrogen-bond donors (Lipinski definition) is 3. The summed E-state index contributed by atoms with van der Waals surface area (Å²) in [5.74, 6) is 0.158. The molecule has 0 aromatic carbocycles. The molecular formula is C12H18N4O. The topological polar surface area (TPSA) is 94.0 Å². The van der Waals surface area contributed by atoms with Crippen LogP contribution in [0, 0.1) is 0 Å². The number of aromatic nitrogens is 1. The van der Waals surface area contributed by atoms with Crippen LogP contribution in [0.1, 0.15) is 36.2 Å². The minimum atomic E-state index is -0.512. The summed E-state index contributed by atoms with van der Waals surface area (Å²) in [4.78, 5) is 15.2. The van der Waals surface area contributed by atoms with Gasteiger partial charge in [0.25, 0.3) is 5.91 Å². The van der Waals surface area contributed by atoms with Crippen molar-refractivity contribution < 1.29 is 4.79 Å². The standard InChI is InChI=1S/C12H18N4O/c13-8-4-1-2-5-9(8)15-11-7-3-6-10(16-11)12(14)17/h3,6-9H,1-2,4-5,13H2,(H2,14,17)(H,15,16)/t8-,9-/m1/s1. The van der Waals surface area contributed by atoms with Gasteiger partial charge in [-0.25, -0.2) is 4.98 Å². The third-order valence-electron chi connectivity index (χ3n) is 3.15. The Kier molecular flexibility index (Phi) is 3.58. The van der Waals surface area contributed by atoms with Gasteiger partial charge < -0.3 is 16.8 Å². The predicted molar refractivity (Wildman–Crippen MR) is 66.6 cm³/mol. The molecule has 2 rings (SSSR count). The number of nitrogens with zero attached hydrogens (tertiary/aromatic N) is 1. The van der Waals surface area contributed by atoms with Crippen LogP contribution in [0.15, 0.2) is 18.2 Å². The minimum Gasteiger partial charge on any atom is -0.366 e. The smallest absolute Gasteiger partial charge is 0.267 e. The first kappa shape index (κ1) is 11.9. The second kappa shape index (κ2) is 5.14. The fourth-order valence-corrected chi connectivity index (χ4v) is 2.18. The van der Waals surface area contributed by atoms with Crippen LogP contribution in [0.25, 0.3) is 0 Å². The molecule has 0 saturated heterocycles. The van der Waals surface area contributed by atoms with Crippen molar-refractivity contribution in [2.45, 2.75) is 37.8 Å². The van der Waals surface area contributed by atoms with Gasteiger partial charge in [0.2, 0.25) is 0 Å². The summed E-state index contributed by atoms with van der Waals surface area (Å²) in [5.41, 5.74) is 11.5. The molecule has 1 aliphatic rings. The van der Waals surface area contributed by atoms with Crippen LogP contribution in [0.3, 0.4) is 0 Å². The van der Waals surface area contributed by atoms with E-state index in [9.17, 15) is 4.79 Å². The minimum absolute atomic E-state index is 0.155. The highest BCUT2D eigenvalue weighted by atomic mass is 16.1. The van der Waals surface area contributed by atoms with Crippen LogP contribution < -0.4 is 16.8 Å². The molecule has 1 aromatic heterocycles. The third kappa shape index (κ3) is 2.94. The molecule has 2 atom stereocenters. The molecule has 1 saturated carbocycles. The van der Waals surface area contributed by atoms with Gasteiger partial charge in [0.05, 0.1) is 0 Å². The molecule has 0 unspecified atom stereocenters. The number of carbonyl (C=O) groups excluding carboxylic acids is 1. The number of primary amides is 1. The van der Waals surface area contributed by atoms with E-state index in [0.29, 0.717) is 5.82 Å². The van der Waals surface area contributed by atoms with Crippen molar-refractivity contribution in [3.8, 4) is 0 Å². The van der Waals surface area contributed by atoms with E-state index >= 15 is 0 Å². The normalized spacial score (nSPS) is 24.3. The van der Waals surface area contributed by atoms with Crippen LogP contribution >= 0.6 is 0 Å². The summed E-state index contributed by atoms with van der Waals surface area (Å²) in [7, 11) is 0. The molecule has 0 spiro atoms. The zero-order valence-corrected chi connectivity index (χ0v) is 9.73. The fraction of sp³-hybridized carbons (Fsp3) is 0.500. The second-order valence-corrected chi connectivity index (χ2v) is 4.47. The summed E-state index contributed by atoms with van der Waals surface area (Å²) in [6, 6.07) is 5.59. The lowest BCUT2D eigenvalue weighted by Gasteiger charge is -2.29. The van der Waals surface area contributed by atoms with Crippen molar-refractivity contribution in [2.24, 2.45) is 11.5 Å². The van der Waals surface area contributed by atoms with Crippen molar-refractivity contribution in [3.63, 3.8) is 0 Å². The molecule has 0 bridgehead atoms. The van der Waals surface area contributed by atoms with Gasteiger partial charge in [-0.15, -0.1) is 0 Å². The Morgan fingerprint density at radius 3 is 2.82 bits per heavy atom. The second-order valence-electron chi connectivity index (χ2n) is 4.47. The Balaban J connectivity index is 2.07. The first-order chi connectivity index (χ1) is 8.16. The number of nitrogens with one attached hydrogen (secondary N) is 1. The van der Waals surface area contributed by atoms with E-state index in [1.54, 1.807) is 12.1 Å². The summed E-state index contributed by atoms with van der Waals surface area (Å²) < 4.78 is 0. The zero-order valence-electron chi connectivity index (χ0n) is 9.73. The van der Waals surface area contributed by atoms with Gasteiger partial charge in [0, 0.05) is 12.1 Å². The van der Waals surface area contributed by atoms with Crippen molar-refractivity contribution in [1.29, 1.82) is 0 Å². The summed E-state index contributed by atoms with van der Waals surface area (Å²) in [6.07, 6.45) is 4.45. The highest BCUT2D eigenvalue weighted by Gasteiger charge is 2.21. The number of anilines is 1. The first-order valence-corrected chi connectivity index (χ1v) is 5.96. The third-order valence-corrected chi connectivity index (χ3v) is 3.15. The highest BCUT2D eigenvalue weighted by molar-refractivity contribution is 5.91. The predicted octanol–water partition coefficient (Wildman–Crippen LogP) is 0.862.